The summed E-state index contributed by atoms with van der Waals surface area (Å²) >= 11 is 0. The van der Waals surface area contributed by atoms with Gasteiger partial charge in [0.2, 0.25) is 0 Å². The Morgan fingerprint density at radius 1 is 0.800 bits per heavy atom. The van der Waals surface area contributed by atoms with Crippen LogP contribution >= 0.6 is 0 Å². The number of benzene rings is 4. The smallest absolute Gasteiger partial charge is 0.338 e. The average molecular weight is 535 g/mol. The van der Waals surface area contributed by atoms with Crippen molar-refractivity contribution in [2.24, 2.45) is 5.92 Å². The van der Waals surface area contributed by atoms with Crippen LogP contribution in [0.1, 0.15) is 52.4 Å². The van der Waals surface area contributed by atoms with E-state index in [1.165, 1.54) is 0 Å². The van der Waals surface area contributed by atoms with E-state index >= 15 is 0 Å². The van der Waals surface area contributed by atoms with Crippen LogP contribution in [0.2, 0.25) is 0 Å². The molecule has 4 aromatic rings. The van der Waals surface area contributed by atoms with E-state index < -0.39 is 5.60 Å². The number of hydrogen-bond acceptors (Lipinski definition) is 5. The summed E-state index contributed by atoms with van der Waals surface area (Å²) in [6.45, 7) is 2.58. The lowest BCUT2D eigenvalue weighted by Gasteiger charge is -2.40. The van der Waals surface area contributed by atoms with Gasteiger partial charge in [0.1, 0.15) is 17.6 Å². The summed E-state index contributed by atoms with van der Waals surface area (Å²) in [5.41, 5.74) is 3.61. The number of carbonyl (C=O) groups is 2. The lowest BCUT2D eigenvalue weighted by molar-refractivity contribution is -0.194. The minimum absolute atomic E-state index is 0.214. The summed E-state index contributed by atoms with van der Waals surface area (Å²) in [4.78, 5) is 24.9. The van der Waals surface area contributed by atoms with Gasteiger partial charge >= 0.3 is 11.9 Å². The van der Waals surface area contributed by atoms with Crippen LogP contribution in [0.5, 0.6) is 0 Å². The molecule has 0 amide bonds. The molecule has 1 heterocycles. The third kappa shape index (κ3) is 5.85. The second-order valence-corrected chi connectivity index (χ2v) is 10.0. The van der Waals surface area contributed by atoms with Crippen molar-refractivity contribution in [3.8, 4) is 0 Å². The highest BCUT2D eigenvalue weighted by Gasteiger charge is 2.45. The van der Waals surface area contributed by atoms with E-state index in [4.69, 9.17) is 14.2 Å². The van der Waals surface area contributed by atoms with Gasteiger partial charge in [-0.05, 0) is 53.6 Å². The van der Waals surface area contributed by atoms with Crippen molar-refractivity contribution in [3.05, 3.63) is 143 Å². The SMILES string of the molecule is CCCOC(=O)c1cccc(CC[C@@H]2OC(=O)[C@H]2COC(c2ccccc2)(c2ccccc2)c2ccccc2)c1. The Morgan fingerprint density at radius 3 is 1.90 bits per heavy atom. The summed E-state index contributed by atoms with van der Waals surface area (Å²) < 4.78 is 17.7. The molecule has 40 heavy (non-hydrogen) atoms. The van der Waals surface area contributed by atoms with E-state index in [1.54, 1.807) is 6.07 Å². The Kier molecular flexibility index (Phi) is 8.72. The van der Waals surface area contributed by atoms with Crippen LogP contribution in [0, 0.1) is 5.92 Å². The minimum Gasteiger partial charge on any atom is -0.462 e. The highest BCUT2D eigenvalue weighted by molar-refractivity contribution is 5.89. The highest BCUT2D eigenvalue weighted by atomic mass is 16.6. The number of cyclic esters (lactones) is 1. The van der Waals surface area contributed by atoms with Crippen molar-refractivity contribution in [2.75, 3.05) is 13.2 Å². The second kappa shape index (κ2) is 12.8. The van der Waals surface area contributed by atoms with Gasteiger partial charge in [0.15, 0.2) is 0 Å². The number of esters is 2. The first-order valence-corrected chi connectivity index (χ1v) is 13.9. The fraction of sp³-hybridized carbons (Fsp3) is 0.257. The Hall–Kier alpha value is -4.22. The number of ether oxygens (including phenoxy) is 3. The summed E-state index contributed by atoms with van der Waals surface area (Å²) in [6.07, 6.45) is 1.83. The molecule has 2 atom stereocenters. The summed E-state index contributed by atoms with van der Waals surface area (Å²) in [7, 11) is 0. The van der Waals surface area contributed by atoms with E-state index in [0.717, 1.165) is 28.7 Å². The first kappa shape index (κ1) is 27.4. The quantitative estimate of drug-likeness (QED) is 0.149. The predicted octanol–water partition coefficient (Wildman–Crippen LogP) is 6.74. The van der Waals surface area contributed by atoms with Crippen molar-refractivity contribution in [2.45, 2.75) is 37.9 Å². The van der Waals surface area contributed by atoms with Gasteiger partial charge < -0.3 is 14.2 Å². The van der Waals surface area contributed by atoms with Crippen LogP contribution in [0.15, 0.2) is 115 Å². The van der Waals surface area contributed by atoms with Gasteiger partial charge in [-0.3, -0.25) is 4.79 Å². The maximum Gasteiger partial charge on any atom is 0.338 e. The standard InChI is InChI=1S/C35H34O5/c1-2-23-38-33(36)27-14-12-13-26(24-27)21-22-32-31(34(37)40-32)25-39-35(28-15-6-3-7-16-28,29-17-8-4-9-18-29)30-19-10-5-11-20-30/h3-20,24,31-32H,2,21-23,25H2,1H3/t31-,32-/m0/s1. The molecule has 0 radical (unpaired) electrons. The van der Waals surface area contributed by atoms with E-state index in [0.29, 0.717) is 25.0 Å². The van der Waals surface area contributed by atoms with Gasteiger partial charge in [-0.1, -0.05) is 110 Å². The molecular formula is C35H34O5. The van der Waals surface area contributed by atoms with Crippen LogP contribution in [0.4, 0.5) is 0 Å². The molecule has 1 aliphatic heterocycles. The highest BCUT2D eigenvalue weighted by Crippen LogP contribution is 2.42. The Balaban J connectivity index is 1.35. The molecule has 0 bridgehead atoms. The fourth-order valence-electron chi connectivity index (χ4n) is 5.26. The molecule has 0 unspecified atom stereocenters. The molecular weight excluding hydrogens is 500 g/mol. The van der Waals surface area contributed by atoms with Crippen molar-refractivity contribution >= 4 is 11.9 Å². The summed E-state index contributed by atoms with van der Waals surface area (Å²) in [6, 6.07) is 37.8. The van der Waals surface area contributed by atoms with Gasteiger partial charge in [-0.15, -0.1) is 0 Å². The largest absolute Gasteiger partial charge is 0.462 e. The number of rotatable bonds is 12. The zero-order chi connectivity index (χ0) is 27.8. The van der Waals surface area contributed by atoms with Gasteiger partial charge in [0, 0.05) is 0 Å². The fourth-order valence-corrected chi connectivity index (χ4v) is 5.26. The maximum absolute atomic E-state index is 12.7. The van der Waals surface area contributed by atoms with Crippen LogP contribution in [-0.4, -0.2) is 31.3 Å². The number of carbonyl (C=O) groups excluding carboxylic acids is 2. The van der Waals surface area contributed by atoms with Gasteiger partial charge in [0.25, 0.3) is 0 Å². The first-order valence-electron chi connectivity index (χ1n) is 13.9. The molecule has 0 saturated carbocycles. The van der Waals surface area contributed by atoms with Gasteiger partial charge in [-0.2, -0.15) is 0 Å². The average Bonchev–Trinajstić information content (AvgIpc) is 3.01. The van der Waals surface area contributed by atoms with Crippen molar-refractivity contribution < 1.29 is 23.8 Å². The molecule has 5 heteroatoms. The van der Waals surface area contributed by atoms with E-state index in [2.05, 4.69) is 36.4 Å². The monoisotopic (exact) mass is 534 g/mol. The lowest BCUT2D eigenvalue weighted by atomic mass is 9.79. The van der Waals surface area contributed by atoms with Gasteiger partial charge in [-0.25, -0.2) is 4.79 Å². The minimum atomic E-state index is -0.891. The molecule has 0 N–H and O–H groups in total. The Labute approximate surface area is 235 Å². The van der Waals surface area contributed by atoms with E-state index in [9.17, 15) is 9.59 Å². The van der Waals surface area contributed by atoms with Crippen LogP contribution in [-0.2, 0) is 31.0 Å². The van der Waals surface area contributed by atoms with Gasteiger partial charge in [0.05, 0.1) is 18.8 Å². The molecule has 1 aliphatic rings. The topological polar surface area (TPSA) is 61.8 Å². The molecule has 204 valence electrons. The zero-order valence-electron chi connectivity index (χ0n) is 22.7. The van der Waals surface area contributed by atoms with Crippen LogP contribution in [0.3, 0.4) is 0 Å². The van der Waals surface area contributed by atoms with Crippen molar-refractivity contribution in [3.63, 3.8) is 0 Å². The number of hydrogen-bond donors (Lipinski definition) is 0. The normalized spacial score (nSPS) is 16.6. The Morgan fingerprint density at radius 2 is 1.38 bits per heavy atom. The molecule has 4 aromatic carbocycles. The van der Waals surface area contributed by atoms with Crippen LogP contribution < -0.4 is 0 Å². The molecule has 1 saturated heterocycles. The first-order chi connectivity index (χ1) is 19.6. The molecule has 1 fully saturated rings. The zero-order valence-corrected chi connectivity index (χ0v) is 22.7. The summed E-state index contributed by atoms with van der Waals surface area (Å²) in [5, 5.41) is 0. The predicted molar refractivity (Wildman–Crippen MR) is 154 cm³/mol. The molecule has 5 rings (SSSR count). The summed E-state index contributed by atoms with van der Waals surface area (Å²) in [5.74, 6) is -0.942. The Bertz CT molecular complexity index is 1310. The van der Waals surface area contributed by atoms with E-state index in [-0.39, 0.29) is 30.6 Å². The molecule has 5 nitrogen and oxygen atoms in total. The third-order valence-electron chi connectivity index (χ3n) is 7.36. The van der Waals surface area contributed by atoms with E-state index in [1.807, 2.05) is 79.7 Å². The lowest BCUT2D eigenvalue weighted by Crippen LogP contribution is -2.49. The van der Waals surface area contributed by atoms with Crippen LogP contribution in [0.25, 0.3) is 0 Å². The molecule has 0 spiro atoms. The third-order valence-corrected chi connectivity index (χ3v) is 7.36. The van der Waals surface area contributed by atoms with Crippen molar-refractivity contribution in [1.82, 2.24) is 0 Å². The molecule has 0 aliphatic carbocycles. The molecule has 0 aromatic heterocycles. The number of aryl methyl sites for hydroxylation is 1. The maximum atomic E-state index is 12.7. The second-order valence-electron chi connectivity index (χ2n) is 10.0. The van der Waals surface area contributed by atoms with Crippen molar-refractivity contribution in [1.29, 1.82) is 0 Å².